The minimum Gasteiger partial charge on any atom is -0.207 e. The van der Waals surface area contributed by atoms with Crippen LogP contribution in [0.5, 0.6) is 0 Å². The van der Waals surface area contributed by atoms with E-state index in [-0.39, 0.29) is 5.82 Å². The second-order valence-corrected chi connectivity index (χ2v) is 6.70. The first-order chi connectivity index (χ1) is 12.2. The van der Waals surface area contributed by atoms with Gasteiger partial charge in [-0.15, -0.1) is 0 Å². The molecule has 0 unspecified atom stereocenters. The highest BCUT2D eigenvalue weighted by Gasteiger charge is 2.04. The molecule has 3 aromatic carbocycles. The summed E-state index contributed by atoms with van der Waals surface area (Å²) in [4.78, 5) is 0. The standard InChI is InChI=1S/C24H25F/c1-3-4-5-6-19-8-11-20(12-9-19)21-13-15-22(16-14-21)23-10-7-18(2)24(25)17-23/h7-17H,3-6H2,1-2H3. The Morgan fingerprint density at radius 3 is 1.76 bits per heavy atom. The minimum absolute atomic E-state index is 0.153. The Hall–Kier alpha value is -2.41. The van der Waals surface area contributed by atoms with Gasteiger partial charge in [-0.2, -0.15) is 0 Å². The van der Waals surface area contributed by atoms with Crippen molar-refractivity contribution >= 4 is 0 Å². The minimum atomic E-state index is -0.153. The molecule has 0 amide bonds. The molecule has 0 N–H and O–H groups in total. The van der Waals surface area contributed by atoms with E-state index in [0.29, 0.717) is 5.56 Å². The van der Waals surface area contributed by atoms with Crippen molar-refractivity contribution in [3.8, 4) is 22.3 Å². The lowest BCUT2D eigenvalue weighted by Gasteiger charge is -2.07. The Labute approximate surface area is 150 Å². The molecule has 0 aliphatic heterocycles. The van der Waals surface area contributed by atoms with Crippen LogP contribution in [-0.2, 0) is 6.42 Å². The largest absolute Gasteiger partial charge is 0.207 e. The van der Waals surface area contributed by atoms with Crippen molar-refractivity contribution in [1.29, 1.82) is 0 Å². The van der Waals surface area contributed by atoms with Crippen molar-refractivity contribution in [2.45, 2.75) is 39.5 Å². The maximum Gasteiger partial charge on any atom is 0.126 e. The third-order valence-electron chi connectivity index (χ3n) is 4.75. The van der Waals surface area contributed by atoms with E-state index in [1.165, 1.54) is 36.0 Å². The molecule has 0 aliphatic carbocycles. The first-order valence-electron chi connectivity index (χ1n) is 9.13. The van der Waals surface area contributed by atoms with Crippen LogP contribution in [0.1, 0.15) is 37.3 Å². The predicted molar refractivity (Wildman–Crippen MR) is 105 cm³/mol. The van der Waals surface area contributed by atoms with Crippen LogP contribution >= 0.6 is 0 Å². The quantitative estimate of drug-likeness (QED) is 0.419. The Kier molecular flexibility index (Phi) is 5.65. The van der Waals surface area contributed by atoms with E-state index < -0.39 is 0 Å². The molecule has 3 rings (SSSR count). The predicted octanol–water partition coefficient (Wildman–Crippen LogP) is 7.20. The molecule has 0 atom stereocenters. The summed E-state index contributed by atoms with van der Waals surface area (Å²) in [5.41, 5.74) is 6.46. The van der Waals surface area contributed by atoms with Gasteiger partial charge in [0.15, 0.2) is 0 Å². The fourth-order valence-electron chi connectivity index (χ4n) is 3.07. The maximum atomic E-state index is 13.8. The van der Waals surface area contributed by atoms with E-state index in [1.807, 2.05) is 12.1 Å². The zero-order chi connectivity index (χ0) is 17.6. The molecule has 0 nitrogen and oxygen atoms in total. The number of hydrogen-bond donors (Lipinski definition) is 0. The van der Waals surface area contributed by atoms with Crippen molar-refractivity contribution in [2.75, 3.05) is 0 Å². The van der Waals surface area contributed by atoms with Gasteiger partial charge in [-0.05, 0) is 59.2 Å². The summed E-state index contributed by atoms with van der Waals surface area (Å²) < 4.78 is 13.8. The highest BCUT2D eigenvalue weighted by atomic mass is 19.1. The van der Waals surface area contributed by atoms with Crippen LogP contribution in [0, 0.1) is 12.7 Å². The number of hydrogen-bond acceptors (Lipinski definition) is 0. The summed E-state index contributed by atoms with van der Waals surface area (Å²) in [7, 11) is 0. The van der Waals surface area contributed by atoms with Gasteiger partial charge in [-0.3, -0.25) is 0 Å². The Balaban J connectivity index is 1.74. The third-order valence-corrected chi connectivity index (χ3v) is 4.75. The number of benzene rings is 3. The molecule has 0 aromatic heterocycles. The van der Waals surface area contributed by atoms with Gasteiger partial charge in [-0.1, -0.05) is 80.4 Å². The lowest BCUT2D eigenvalue weighted by atomic mass is 9.98. The summed E-state index contributed by atoms with van der Waals surface area (Å²) >= 11 is 0. The monoisotopic (exact) mass is 332 g/mol. The Bertz CT molecular complexity index is 814. The molecule has 3 aromatic rings. The van der Waals surface area contributed by atoms with Gasteiger partial charge in [0, 0.05) is 0 Å². The third kappa shape index (κ3) is 4.36. The number of rotatable bonds is 6. The maximum absolute atomic E-state index is 13.8. The first kappa shape index (κ1) is 17.4. The lowest BCUT2D eigenvalue weighted by molar-refractivity contribution is 0.619. The van der Waals surface area contributed by atoms with E-state index >= 15 is 0 Å². The van der Waals surface area contributed by atoms with E-state index in [0.717, 1.165) is 17.5 Å². The number of aryl methyl sites for hydroxylation is 2. The molecule has 128 valence electrons. The van der Waals surface area contributed by atoms with Crippen molar-refractivity contribution < 1.29 is 4.39 Å². The van der Waals surface area contributed by atoms with E-state index in [4.69, 9.17) is 0 Å². The van der Waals surface area contributed by atoms with Crippen LogP contribution in [0.4, 0.5) is 4.39 Å². The van der Waals surface area contributed by atoms with Crippen molar-refractivity contribution in [3.05, 3.63) is 83.7 Å². The van der Waals surface area contributed by atoms with Gasteiger partial charge in [0.05, 0.1) is 0 Å². The number of halogens is 1. The van der Waals surface area contributed by atoms with Crippen molar-refractivity contribution in [3.63, 3.8) is 0 Å². The molecule has 0 heterocycles. The average molecular weight is 332 g/mol. The van der Waals surface area contributed by atoms with Crippen LogP contribution in [0.3, 0.4) is 0 Å². The molecule has 0 saturated heterocycles. The fraction of sp³-hybridized carbons (Fsp3) is 0.250. The second kappa shape index (κ2) is 8.11. The average Bonchev–Trinajstić information content (AvgIpc) is 2.65. The highest BCUT2D eigenvalue weighted by Crippen LogP contribution is 2.26. The molecule has 0 bridgehead atoms. The molecule has 0 aliphatic rings. The van der Waals surface area contributed by atoms with E-state index in [1.54, 1.807) is 13.0 Å². The first-order valence-corrected chi connectivity index (χ1v) is 9.13. The van der Waals surface area contributed by atoms with Gasteiger partial charge in [0.25, 0.3) is 0 Å². The van der Waals surface area contributed by atoms with Crippen LogP contribution in [-0.4, -0.2) is 0 Å². The summed E-state index contributed by atoms with van der Waals surface area (Å²) in [6, 6.07) is 22.6. The SMILES string of the molecule is CCCCCc1ccc(-c2ccc(-c3ccc(C)c(F)c3)cc2)cc1. The Morgan fingerprint density at radius 1 is 0.680 bits per heavy atom. The second-order valence-electron chi connectivity index (χ2n) is 6.70. The highest BCUT2D eigenvalue weighted by molar-refractivity contribution is 5.70. The van der Waals surface area contributed by atoms with Crippen molar-refractivity contribution in [1.82, 2.24) is 0 Å². The summed E-state index contributed by atoms with van der Waals surface area (Å²) in [5, 5.41) is 0. The smallest absolute Gasteiger partial charge is 0.126 e. The molecular weight excluding hydrogens is 307 g/mol. The lowest BCUT2D eigenvalue weighted by Crippen LogP contribution is -1.87. The van der Waals surface area contributed by atoms with Crippen LogP contribution in [0.2, 0.25) is 0 Å². The van der Waals surface area contributed by atoms with Gasteiger partial charge < -0.3 is 0 Å². The molecule has 0 radical (unpaired) electrons. The van der Waals surface area contributed by atoms with Crippen molar-refractivity contribution in [2.24, 2.45) is 0 Å². The van der Waals surface area contributed by atoms with Gasteiger partial charge >= 0.3 is 0 Å². The van der Waals surface area contributed by atoms with Crippen LogP contribution in [0.25, 0.3) is 22.3 Å². The zero-order valence-corrected chi connectivity index (χ0v) is 15.1. The van der Waals surface area contributed by atoms with E-state index in [9.17, 15) is 4.39 Å². The fourth-order valence-corrected chi connectivity index (χ4v) is 3.07. The van der Waals surface area contributed by atoms with Crippen LogP contribution in [0.15, 0.2) is 66.7 Å². The molecule has 0 fully saturated rings. The van der Waals surface area contributed by atoms with E-state index in [2.05, 4.69) is 55.5 Å². The zero-order valence-electron chi connectivity index (χ0n) is 15.1. The topological polar surface area (TPSA) is 0 Å². The van der Waals surface area contributed by atoms with Crippen LogP contribution < -0.4 is 0 Å². The molecule has 1 heteroatoms. The summed E-state index contributed by atoms with van der Waals surface area (Å²) in [6.45, 7) is 4.02. The normalized spacial score (nSPS) is 10.8. The van der Waals surface area contributed by atoms with Gasteiger partial charge in [0.1, 0.15) is 5.82 Å². The van der Waals surface area contributed by atoms with Gasteiger partial charge in [-0.25, -0.2) is 4.39 Å². The summed E-state index contributed by atoms with van der Waals surface area (Å²) in [5.74, 6) is -0.153. The molecular formula is C24H25F. The molecule has 0 spiro atoms. The molecule has 0 saturated carbocycles. The number of unbranched alkanes of at least 4 members (excludes halogenated alkanes) is 2. The molecule has 25 heavy (non-hydrogen) atoms. The van der Waals surface area contributed by atoms with Gasteiger partial charge in [0.2, 0.25) is 0 Å². The Morgan fingerprint density at radius 2 is 1.20 bits per heavy atom. The summed E-state index contributed by atoms with van der Waals surface area (Å²) in [6.07, 6.45) is 4.97.